The maximum absolute atomic E-state index is 11.3. The van der Waals surface area contributed by atoms with Crippen LogP contribution in [0.15, 0.2) is 0 Å². The summed E-state index contributed by atoms with van der Waals surface area (Å²) in [6.45, 7) is 0. The number of carbonyl (C=O) groups is 1. The van der Waals surface area contributed by atoms with Crippen LogP contribution in [-0.4, -0.2) is 29.7 Å². The van der Waals surface area contributed by atoms with E-state index in [0.717, 1.165) is 6.42 Å². The van der Waals surface area contributed by atoms with Gasteiger partial charge < -0.3 is 5.32 Å². The Kier molecular flexibility index (Phi) is 3.08. The lowest BCUT2D eigenvalue weighted by Gasteiger charge is -2.35. The van der Waals surface area contributed by atoms with E-state index < -0.39 is 0 Å². The van der Waals surface area contributed by atoms with E-state index in [9.17, 15) is 4.79 Å². The third-order valence-corrected chi connectivity index (χ3v) is 4.48. The molecule has 0 aromatic rings. The minimum Gasteiger partial charge on any atom is -0.359 e. The van der Waals surface area contributed by atoms with E-state index in [1.807, 2.05) is 0 Å². The highest BCUT2D eigenvalue weighted by molar-refractivity contribution is 7.13. The Morgan fingerprint density at radius 2 is 2.00 bits per heavy atom. The lowest BCUT2D eigenvalue weighted by atomic mass is 9.89. The van der Waals surface area contributed by atoms with Crippen LogP contribution in [0.1, 0.15) is 32.1 Å². The van der Waals surface area contributed by atoms with Crippen LogP contribution in [0.4, 0.5) is 0 Å². The first-order valence-corrected chi connectivity index (χ1v) is 5.96. The summed E-state index contributed by atoms with van der Waals surface area (Å²) >= 11 is 0. The molecule has 2 bridgehead atoms. The zero-order chi connectivity index (χ0) is 10.1. The quantitative estimate of drug-likeness (QED) is 0.699. The van der Waals surface area contributed by atoms with E-state index in [0.29, 0.717) is 18.0 Å². The average molecular weight is 214 g/mol. The molecule has 3 nitrogen and oxygen atoms in total. The van der Waals surface area contributed by atoms with Gasteiger partial charge >= 0.3 is 0 Å². The second kappa shape index (κ2) is 4.16. The molecule has 2 heterocycles. The largest absolute Gasteiger partial charge is 0.359 e. The zero-order valence-electron chi connectivity index (χ0n) is 8.70. The van der Waals surface area contributed by atoms with Gasteiger partial charge in [0.05, 0.1) is 0 Å². The van der Waals surface area contributed by atoms with Crippen molar-refractivity contribution in [3.05, 3.63) is 0 Å². The number of fused-ring (bicyclic) bond motifs is 2. The molecule has 2 saturated heterocycles. The van der Waals surface area contributed by atoms with Crippen LogP contribution in [0, 0.1) is 5.92 Å². The Hall–Kier alpha value is -0.140. The summed E-state index contributed by atoms with van der Waals surface area (Å²) in [6.07, 6.45) is 5.76. The molecular formula is C10H19N2OP. The smallest absolute Gasteiger partial charge is 0.220 e. The van der Waals surface area contributed by atoms with E-state index in [2.05, 4.69) is 19.4 Å². The van der Waals surface area contributed by atoms with Crippen LogP contribution < -0.4 is 5.32 Å². The second-order valence-corrected chi connectivity index (χ2v) is 5.14. The summed E-state index contributed by atoms with van der Waals surface area (Å²) in [7, 11) is 4.58. The van der Waals surface area contributed by atoms with Gasteiger partial charge in [0.15, 0.2) is 0 Å². The van der Waals surface area contributed by atoms with Gasteiger partial charge in [-0.05, 0) is 31.6 Å². The molecule has 1 N–H and O–H groups in total. The maximum atomic E-state index is 11.3. The third-order valence-electron chi connectivity index (χ3n) is 3.64. The molecule has 0 spiro atoms. The molecule has 2 rings (SSSR count). The Labute approximate surface area is 87.9 Å². The van der Waals surface area contributed by atoms with Gasteiger partial charge in [0.1, 0.15) is 0 Å². The summed E-state index contributed by atoms with van der Waals surface area (Å²) < 4.78 is 2.43. The van der Waals surface area contributed by atoms with E-state index in [1.54, 1.807) is 7.05 Å². The molecule has 0 radical (unpaired) electrons. The van der Waals surface area contributed by atoms with Gasteiger partial charge in [-0.25, -0.2) is 0 Å². The molecule has 0 aromatic carbocycles. The number of nitrogens with zero attached hydrogens (tertiary/aromatic N) is 1. The van der Waals surface area contributed by atoms with Gasteiger partial charge in [0, 0.05) is 25.6 Å². The van der Waals surface area contributed by atoms with Gasteiger partial charge in [-0.15, -0.1) is 0 Å². The van der Waals surface area contributed by atoms with Crippen LogP contribution in [0.3, 0.4) is 0 Å². The highest BCUT2D eigenvalue weighted by Crippen LogP contribution is 2.41. The highest BCUT2D eigenvalue weighted by Gasteiger charge is 2.38. The molecule has 0 aliphatic carbocycles. The van der Waals surface area contributed by atoms with Crippen LogP contribution in [-0.2, 0) is 4.79 Å². The summed E-state index contributed by atoms with van der Waals surface area (Å²) in [5.41, 5.74) is 0. The van der Waals surface area contributed by atoms with Crippen molar-refractivity contribution in [3.8, 4) is 0 Å². The van der Waals surface area contributed by atoms with Crippen molar-refractivity contribution >= 4 is 15.3 Å². The normalized spacial score (nSPS) is 37.1. The van der Waals surface area contributed by atoms with Crippen molar-refractivity contribution in [1.82, 2.24) is 9.99 Å². The van der Waals surface area contributed by atoms with Gasteiger partial charge in [0.25, 0.3) is 0 Å². The summed E-state index contributed by atoms with van der Waals surface area (Å²) in [5, 5.41) is 2.72. The zero-order valence-corrected chi connectivity index (χ0v) is 9.86. The van der Waals surface area contributed by atoms with Crippen LogP contribution in [0.5, 0.6) is 0 Å². The van der Waals surface area contributed by atoms with Gasteiger partial charge in [-0.1, -0.05) is 9.39 Å². The summed E-state index contributed by atoms with van der Waals surface area (Å²) in [4.78, 5) is 11.3. The first-order chi connectivity index (χ1) is 6.70. The van der Waals surface area contributed by atoms with Crippen LogP contribution >= 0.6 is 9.39 Å². The molecule has 2 aliphatic heterocycles. The summed E-state index contributed by atoms with van der Waals surface area (Å²) in [6, 6.07) is 1.43. The van der Waals surface area contributed by atoms with E-state index in [-0.39, 0.29) is 5.91 Å². The monoisotopic (exact) mass is 214 g/mol. The second-order valence-electron chi connectivity index (χ2n) is 4.55. The number of rotatable bonds is 2. The Morgan fingerprint density at radius 1 is 1.43 bits per heavy atom. The standard InChI is InChI=1S/C10H19N2OP/c1-11-10(13)6-7-4-8-2-3-9(5-7)12(8)14/h7-9H,2-6,14H2,1H3,(H,11,13)/t7-,8+,9-. The van der Waals surface area contributed by atoms with Crippen molar-refractivity contribution in [2.45, 2.75) is 44.2 Å². The molecule has 0 aromatic heterocycles. The Bertz CT molecular complexity index is 220. The number of piperidine rings is 1. The molecule has 1 unspecified atom stereocenters. The molecule has 0 saturated carbocycles. The van der Waals surface area contributed by atoms with Crippen molar-refractivity contribution in [2.24, 2.45) is 5.92 Å². The van der Waals surface area contributed by atoms with E-state index >= 15 is 0 Å². The molecule has 80 valence electrons. The van der Waals surface area contributed by atoms with Crippen molar-refractivity contribution in [3.63, 3.8) is 0 Å². The first kappa shape index (κ1) is 10.4. The highest BCUT2D eigenvalue weighted by atomic mass is 31.0. The molecule has 4 atom stereocenters. The lowest BCUT2D eigenvalue weighted by Crippen LogP contribution is -2.37. The molecule has 2 aliphatic rings. The predicted octanol–water partition coefficient (Wildman–Crippen LogP) is 1.16. The fourth-order valence-electron chi connectivity index (χ4n) is 2.86. The molecular weight excluding hydrogens is 195 g/mol. The fourth-order valence-corrected chi connectivity index (χ4v) is 3.40. The molecule has 2 fully saturated rings. The SMILES string of the molecule is CNC(=O)C[C@H]1C[C@H]2CC[C@@H](C1)N2P. The number of carbonyl (C=O) groups excluding carboxylic acids is 1. The van der Waals surface area contributed by atoms with Gasteiger partial charge in [-0.3, -0.25) is 9.46 Å². The topological polar surface area (TPSA) is 32.3 Å². The summed E-state index contributed by atoms with van der Waals surface area (Å²) in [5.74, 6) is 0.816. The van der Waals surface area contributed by atoms with Gasteiger partial charge in [0.2, 0.25) is 5.91 Å². The number of amides is 1. The average Bonchev–Trinajstić information content (AvgIpc) is 2.42. The van der Waals surface area contributed by atoms with E-state index in [1.165, 1.54) is 25.7 Å². The first-order valence-electron chi connectivity index (χ1n) is 5.44. The maximum Gasteiger partial charge on any atom is 0.220 e. The van der Waals surface area contributed by atoms with E-state index in [4.69, 9.17) is 0 Å². The third kappa shape index (κ3) is 1.94. The predicted molar refractivity (Wildman–Crippen MR) is 59.8 cm³/mol. The van der Waals surface area contributed by atoms with Crippen molar-refractivity contribution in [1.29, 1.82) is 0 Å². The van der Waals surface area contributed by atoms with Crippen molar-refractivity contribution < 1.29 is 4.79 Å². The van der Waals surface area contributed by atoms with Crippen molar-refractivity contribution in [2.75, 3.05) is 7.05 Å². The molecule has 14 heavy (non-hydrogen) atoms. The minimum atomic E-state index is 0.201. The molecule has 1 amide bonds. The van der Waals surface area contributed by atoms with Gasteiger partial charge in [-0.2, -0.15) is 0 Å². The van der Waals surface area contributed by atoms with Crippen LogP contribution in [0.25, 0.3) is 0 Å². The minimum absolute atomic E-state index is 0.201. The Balaban J connectivity index is 1.90. The molecule has 4 heteroatoms. The fraction of sp³-hybridized carbons (Fsp3) is 0.900. The Morgan fingerprint density at radius 3 is 2.50 bits per heavy atom. The van der Waals surface area contributed by atoms with Crippen LogP contribution in [0.2, 0.25) is 0 Å². The number of nitrogens with one attached hydrogen (secondary N) is 1. The lowest BCUT2D eigenvalue weighted by molar-refractivity contribution is -0.121. The number of hydrogen-bond donors (Lipinski definition) is 1. The number of hydrogen-bond acceptors (Lipinski definition) is 2.